The lowest BCUT2D eigenvalue weighted by molar-refractivity contribution is -0.137. The minimum atomic E-state index is -4.74. The first-order valence-electron chi connectivity index (χ1n) is 11.4. The van der Waals surface area contributed by atoms with Crippen LogP contribution in [0, 0.1) is 11.2 Å². The lowest BCUT2D eigenvalue weighted by Crippen LogP contribution is -2.35. The van der Waals surface area contributed by atoms with Gasteiger partial charge in [-0.3, -0.25) is 0 Å². The molecule has 4 nitrogen and oxygen atoms in total. The van der Waals surface area contributed by atoms with Gasteiger partial charge in [-0.1, -0.05) is 51.1 Å². The van der Waals surface area contributed by atoms with Gasteiger partial charge in [0.05, 0.1) is 16.3 Å². The molecular formula is C25H26F6N2O2S. The van der Waals surface area contributed by atoms with Crippen molar-refractivity contribution in [3.05, 3.63) is 59.5 Å². The highest BCUT2D eigenvalue weighted by molar-refractivity contribution is 7.90. The van der Waals surface area contributed by atoms with Gasteiger partial charge in [0, 0.05) is 29.3 Å². The number of halogens is 6. The zero-order chi connectivity index (χ0) is 26.6. The molecule has 4 rings (SSSR count). The normalized spacial score (nSPS) is 16.2. The SMILES string of the molecule is CC(C)(C)Cn1cc([C@H](NS(=O)(=O)C2CC2)C(F)F)c2ccc(-c3ccccc3C(F)(F)F)c(F)c21. The summed E-state index contributed by atoms with van der Waals surface area (Å²) < 4.78 is 114. The molecule has 1 saturated carbocycles. The number of alkyl halides is 5. The Morgan fingerprint density at radius 2 is 1.67 bits per heavy atom. The van der Waals surface area contributed by atoms with Crippen molar-refractivity contribution in [3.63, 3.8) is 0 Å². The van der Waals surface area contributed by atoms with Gasteiger partial charge in [0.1, 0.15) is 6.04 Å². The fourth-order valence-corrected chi connectivity index (χ4v) is 5.87. The van der Waals surface area contributed by atoms with Crippen molar-refractivity contribution >= 4 is 20.9 Å². The maximum atomic E-state index is 16.0. The highest BCUT2D eigenvalue weighted by Crippen LogP contribution is 2.42. The smallest absolute Gasteiger partial charge is 0.344 e. The van der Waals surface area contributed by atoms with Crippen LogP contribution in [0.15, 0.2) is 42.6 Å². The molecule has 1 fully saturated rings. The molecule has 0 amide bonds. The van der Waals surface area contributed by atoms with Crippen LogP contribution in [0.5, 0.6) is 0 Å². The molecule has 0 unspecified atom stereocenters. The second-order valence-corrected chi connectivity index (χ2v) is 12.3. The molecule has 1 aliphatic rings. The van der Waals surface area contributed by atoms with Crippen LogP contribution in [0.1, 0.15) is 50.8 Å². The summed E-state index contributed by atoms with van der Waals surface area (Å²) >= 11 is 0. The predicted octanol–water partition coefficient (Wildman–Crippen LogP) is 6.90. The zero-order valence-electron chi connectivity index (χ0n) is 19.8. The van der Waals surface area contributed by atoms with Crippen LogP contribution < -0.4 is 4.72 Å². The Kier molecular flexibility index (Phi) is 6.70. The lowest BCUT2D eigenvalue weighted by atomic mass is 9.95. The van der Waals surface area contributed by atoms with Crippen LogP contribution in [0.4, 0.5) is 26.3 Å². The zero-order valence-corrected chi connectivity index (χ0v) is 20.7. The maximum absolute atomic E-state index is 16.0. The first-order chi connectivity index (χ1) is 16.6. The fraction of sp³-hybridized carbons (Fsp3) is 0.440. The number of sulfonamides is 1. The number of fused-ring (bicyclic) bond motifs is 1. The molecule has 0 radical (unpaired) electrons. The number of hydrogen-bond acceptors (Lipinski definition) is 2. The predicted molar refractivity (Wildman–Crippen MR) is 126 cm³/mol. The average Bonchev–Trinajstić information content (AvgIpc) is 3.55. The molecule has 1 aliphatic carbocycles. The summed E-state index contributed by atoms with van der Waals surface area (Å²) in [6.07, 6.45) is -5.87. The summed E-state index contributed by atoms with van der Waals surface area (Å²) in [6, 6.07) is 5.00. The van der Waals surface area contributed by atoms with Crippen molar-refractivity contribution in [3.8, 4) is 11.1 Å². The average molecular weight is 533 g/mol. The fourth-order valence-electron chi connectivity index (χ4n) is 4.34. The lowest BCUT2D eigenvalue weighted by Gasteiger charge is -2.20. The maximum Gasteiger partial charge on any atom is 0.417 e. The molecule has 0 bridgehead atoms. The van der Waals surface area contributed by atoms with E-state index >= 15 is 4.39 Å². The van der Waals surface area contributed by atoms with Crippen LogP contribution in [0.3, 0.4) is 0 Å². The number of rotatable bonds is 7. The monoisotopic (exact) mass is 532 g/mol. The third-order valence-electron chi connectivity index (χ3n) is 6.02. The molecule has 196 valence electrons. The summed E-state index contributed by atoms with van der Waals surface area (Å²) in [5.74, 6) is -1.00. The van der Waals surface area contributed by atoms with Crippen LogP contribution in [-0.2, 0) is 22.7 Å². The number of hydrogen-bond donors (Lipinski definition) is 1. The number of aromatic nitrogens is 1. The van der Waals surface area contributed by atoms with E-state index in [2.05, 4.69) is 4.72 Å². The van der Waals surface area contributed by atoms with Crippen molar-refractivity contribution < 1.29 is 34.8 Å². The van der Waals surface area contributed by atoms with E-state index in [1.54, 1.807) is 0 Å². The van der Waals surface area contributed by atoms with Gasteiger partial charge in [0.25, 0.3) is 6.43 Å². The Labute approximate surface area is 205 Å². The minimum Gasteiger partial charge on any atom is -0.344 e. The molecule has 0 saturated heterocycles. The van der Waals surface area contributed by atoms with Gasteiger partial charge in [-0.15, -0.1) is 0 Å². The molecule has 1 atom stereocenters. The highest BCUT2D eigenvalue weighted by Gasteiger charge is 2.40. The van der Waals surface area contributed by atoms with E-state index in [1.807, 2.05) is 20.8 Å². The van der Waals surface area contributed by atoms with Gasteiger partial charge < -0.3 is 4.57 Å². The van der Waals surface area contributed by atoms with Crippen LogP contribution in [0.25, 0.3) is 22.0 Å². The molecule has 1 N–H and O–H groups in total. The summed E-state index contributed by atoms with van der Waals surface area (Å²) in [5, 5.41) is -0.738. The Morgan fingerprint density at radius 3 is 2.22 bits per heavy atom. The number of nitrogens with zero attached hydrogens (tertiary/aromatic N) is 1. The van der Waals surface area contributed by atoms with Crippen molar-refractivity contribution in [2.45, 2.75) is 64.1 Å². The van der Waals surface area contributed by atoms with Crippen molar-refractivity contribution in [1.29, 1.82) is 0 Å². The summed E-state index contributed by atoms with van der Waals surface area (Å²) in [7, 11) is -4.02. The number of benzene rings is 2. The van der Waals surface area contributed by atoms with Gasteiger partial charge in [-0.05, 0) is 29.9 Å². The summed E-state index contributed by atoms with van der Waals surface area (Å²) in [5.41, 5.74) is -2.49. The van der Waals surface area contributed by atoms with E-state index in [0.717, 1.165) is 18.2 Å². The highest BCUT2D eigenvalue weighted by atomic mass is 32.2. The van der Waals surface area contributed by atoms with Crippen LogP contribution in [0.2, 0.25) is 0 Å². The molecule has 2 aromatic carbocycles. The van der Waals surface area contributed by atoms with Crippen LogP contribution >= 0.6 is 0 Å². The molecule has 1 aromatic heterocycles. The van der Waals surface area contributed by atoms with E-state index in [-0.39, 0.29) is 34.1 Å². The van der Waals surface area contributed by atoms with Gasteiger partial charge in [-0.2, -0.15) is 13.2 Å². The van der Waals surface area contributed by atoms with Gasteiger partial charge in [0.2, 0.25) is 10.0 Å². The second-order valence-electron chi connectivity index (χ2n) is 10.3. The molecule has 36 heavy (non-hydrogen) atoms. The number of nitrogens with one attached hydrogen (secondary N) is 1. The third-order valence-corrected chi connectivity index (χ3v) is 7.95. The van der Waals surface area contributed by atoms with Gasteiger partial charge >= 0.3 is 6.18 Å². The van der Waals surface area contributed by atoms with Crippen molar-refractivity contribution in [2.24, 2.45) is 5.41 Å². The summed E-state index contributed by atoms with van der Waals surface area (Å²) in [6.45, 7) is 5.65. The van der Waals surface area contributed by atoms with E-state index in [9.17, 15) is 30.4 Å². The van der Waals surface area contributed by atoms with Gasteiger partial charge in [-0.25, -0.2) is 26.3 Å². The Morgan fingerprint density at radius 1 is 1.03 bits per heavy atom. The molecule has 11 heteroatoms. The van der Waals surface area contributed by atoms with E-state index in [0.29, 0.717) is 12.8 Å². The molecule has 0 spiro atoms. The molecule has 0 aliphatic heterocycles. The van der Waals surface area contributed by atoms with E-state index in [1.165, 1.54) is 29.0 Å². The van der Waals surface area contributed by atoms with Gasteiger partial charge in [0.15, 0.2) is 5.82 Å². The minimum absolute atomic E-state index is 0.00814. The Hall–Kier alpha value is -2.53. The standard InChI is InChI=1S/C25H26F6N2O2S/c1-24(2,3)13-33-12-18(21(23(27)28)32-36(34,35)14-8-9-14)17-11-10-16(20(26)22(17)33)15-6-4-5-7-19(15)25(29,30)31/h4-7,10-12,14,21,23,32H,8-9,13H2,1-3H3/t21-/m0/s1. The largest absolute Gasteiger partial charge is 0.417 e. The second kappa shape index (κ2) is 9.09. The molecule has 1 heterocycles. The molecule has 3 aromatic rings. The Balaban J connectivity index is 1.94. The van der Waals surface area contributed by atoms with Crippen molar-refractivity contribution in [2.75, 3.05) is 0 Å². The Bertz CT molecular complexity index is 1390. The first-order valence-corrected chi connectivity index (χ1v) is 12.9. The molecular weight excluding hydrogens is 506 g/mol. The topological polar surface area (TPSA) is 51.1 Å². The quantitative estimate of drug-likeness (QED) is 0.337. The van der Waals surface area contributed by atoms with Crippen LogP contribution in [-0.4, -0.2) is 24.7 Å². The van der Waals surface area contributed by atoms with E-state index < -0.39 is 50.7 Å². The third kappa shape index (κ3) is 5.27. The summed E-state index contributed by atoms with van der Waals surface area (Å²) in [4.78, 5) is 0. The first kappa shape index (κ1) is 26.5. The van der Waals surface area contributed by atoms with Crippen molar-refractivity contribution in [1.82, 2.24) is 9.29 Å². The van der Waals surface area contributed by atoms with E-state index in [4.69, 9.17) is 0 Å².